The van der Waals surface area contributed by atoms with Crippen LogP contribution in [0.3, 0.4) is 0 Å². The number of nitrogens with zero attached hydrogens (tertiary/aromatic N) is 2. The van der Waals surface area contributed by atoms with E-state index in [1.807, 2.05) is 24.3 Å². The average Bonchev–Trinajstić information content (AvgIpc) is 2.70. The van der Waals surface area contributed by atoms with Crippen molar-refractivity contribution >= 4 is 35.8 Å². The van der Waals surface area contributed by atoms with E-state index in [0.29, 0.717) is 12.1 Å². The molecule has 3 N–H and O–H groups in total. The van der Waals surface area contributed by atoms with Gasteiger partial charge in [0.25, 0.3) is 5.91 Å². The Bertz CT molecular complexity index is 624. The molecule has 1 amide bonds. The van der Waals surface area contributed by atoms with Crippen LogP contribution in [0.1, 0.15) is 56.0 Å². The van der Waals surface area contributed by atoms with Gasteiger partial charge in [0.05, 0.1) is 6.54 Å². The second-order valence-corrected chi connectivity index (χ2v) is 7.68. The van der Waals surface area contributed by atoms with Gasteiger partial charge in [0.2, 0.25) is 0 Å². The summed E-state index contributed by atoms with van der Waals surface area (Å²) < 4.78 is 0. The summed E-state index contributed by atoms with van der Waals surface area (Å²) in [5.74, 6) is 0.762. The Morgan fingerprint density at radius 1 is 1.11 bits per heavy atom. The summed E-state index contributed by atoms with van der Waals surface area (Å²) in [5.41, 5.74) is 1.85. The van der Waals surface area contributed by atoms with Crippen molar-refractivity contribution in [3.63, 3.8) is 0 Å². The molecule has 1 aliphatic heterocycles. The van der Waals surface area contributed by atoms with Crippen LogP contribution in [0.5, 0.6) is 0 Å². The van der Waals surface area contributed by atoms with Gasteiger partial charge in [-0.15, -0.1) is 24.0 Å². The van der Waals surface area contributed by atoms with Gasteiger partial charge in [-0.25, -0.2) is 4.99 Å². The minimum atomic E-state index is -0.0694. The molecule has 1 aromatic rings. The van der Waals surface area contributed by atoms with Crippen LogP contribution < -0.4 is 16.0 Å². The van der Waals surface area contributed by atoms with Gasteiger partial charge < -0.3 is 16.0 Å². The van der Waals surface area contributed by atoms with Crippen molar-refractivity contribution in [2.24, 2.45) is 4.99 Å². The van der Waals surface area contributed by atoms with E-state index in [0.717, 1.165) is 24.6 Å². The summed E-state index contributed by atoms with van der Waals surface area (Å²) in [4.78, 5) is 18.9. The molecule has 0 saturated carbocycles. The Kier molecular flexibility index (Phi) is 10.8. The largest absolute Gasteiger partial charge is 0.357 e. The summed E-state index contributed by atoms with van der Waals surface area (Å²) in [5, 5.41) is 9.46. The third-order valence-electron chi connectivity index (χ3n) is 5.11. The molecule has 7 heteroatoms. The Morgan fingerprint density at radius 2 is 1.75 bits per heavy atom. The molecule has 1 aromatic carbocycles. The summed E-state index contributed by atoms with van der Waals surface area (Å²) in [6.07, 6.45) is 3.94. The fourth-order valence-corrected chi connectivity index (χ4v) is 3.33. The topological polar surface area (TPSA) is 68.8 Å². The lowest BCUT2D eigenvalue weighted by Crippen LogP contribution is -2.54. The first-order valence-corrected chi connectivity index (χ1v) is 10.0. The van der Waals surface area contributed by atoms with Gasteiger partial charge in [0.15, 0.2) is 5.96 Å². The number of benzene rings is 1. The molecule has 1 heterocycles. The van der Waals surface area contributed by atoms with Crippen molar-refractivity contribution in [3.05, 3.63) is 35.4 Å². The number of carbonyl (C=O) groups is 1. The molecule has 1 saturated heterocycles. The normalized spacial score (nSPS) is 15.5. The molecule has 158 valence electrons. The van der Waals surface area contributed by atoms with Crippen LogP contribution >= 0.6 is 24.0 Å². The predicted molar refractivity (Wildman–Crippen MR) is 128 cm³/mol. The van der Waals surface area contributed by atoms with E-state index >= 15 is 0 Å². The molecule has 0 radical (unpaired) electrons. The van der Waals surface area contributed by atoms with Gasteiger partial charge in [-0.05, 0) is 64.4 Å². The van der Waals surface area contributed by atoms with Crippen molar-refractivity contribution in [1.29, 1.82) is 0 Å². The second-order valence-electron chi connectivity index (χ2n) is 7.68. The van der Waals surface area contributed by atoms with Crippen molar-refractivity contribution < 1.29 is 4.79 Å². The lowest BCUT2D eigenvalue weighted by Gasteiger charge is -2.41. The van der Waals surface area contributed by atoms with E-state index in [9.17, 15) is 4.79 Å². The first kappa shape index (κ1) is 24.7. The molecule has 2 rings (SSSR count). The van der Waals surface area contributed by atoms with E-state index in [2.05, 4.69) is 41.6 Å². The molecule has 0 aliphatic carbocycles. The van der Waals surface area contributed by atoms with Crippen LogP contribution in [0.4, 0.5) is 0 Å². The van der Waals surface area contributed by atoms with E-state index in [1.165, 1.54) is 32.4 Å². The van der Waals surface area contributed by atoms with Gasteiger partial charge >= 0.3 is 0 Å². The van der Waals surface area contributed by atoms with Crippen LogP contribution in [-0.4, -0.2) is 55.5 Å². The van der Waals surface area contributed by atoms with Crippen LogP contribution in [0.15, 0.2) is 29.3 Å². The fourth-order valence-electron chi connectivity index (χ4n) is 3.33. The lowest BCUT2D eigenvalue weighted by molar-refractivity contribution is 0.0963. The smallest absolute Gasteiger partial charge is 0.251 e. The first-order chi connectivity index (χ1) is 13.0. The molecule has 0 unspecified atom stereocenters. The zero-order valence-electron chi connectivity index (χ0n) is 17.7. The molecular formula is C21H36IN5O. The molecule has 0 bridgehead atoms. The standard InChI is InChI=1S/C21H35N5O.HI/c1-5-23-20(25-16-21(2,3)26-13-7-6-8-14-26)24-15-17-9-11-18(12-10-17)19(27)22-4;/h9-12H,5-8,13-16H2,1-4H3,(H,22,27)(H2,23,24,25);1H. The Balaban J connectivity index is 0.00000392. The summed E-state index contributed by atoms with van der Waals surface area (Å²) in [7, 11) is 1.64. The quantitative estimate of drug-likeness (QED) is 0.305. The number of carbonyl (C=O) groups excluding carboxylic acids is 1. The minimum absolute atomic E-state index is 0. The Hall–Kier alpha value is -1.35. The second kappa shape index (κ2) is 12.3. The lowest BCUT2D eigenvalue weighted by atomic mass is 9.98. The third-order valence-corrected chi connectivity index (χ3v) is 5.11. The number of amides is 1. The van der Waals surface area contributed by atoms with Gasteiger partial charge in [0.1, 0.15) is 0 Å². The molecular weight excluding hydrogens is 465 g/mol. The van der Waals surface area contributed by atoms with E-state index in [-0.39, 0.29) is 35.4 Å². The molecule has 1 fully saturated rings. The molecule has 0 aromatic heterocycles. The number of hydrogen-bond donors (Lipinski definition) is 3. The van der Waals surface area contributed by atoms with E-state index < -0.39 is 0 Å². The number of piperidine rings is 1. The highest BCUT2D eigenvalue weighted by Gasteiger charge is 2.27. The van der Waals surface area contributed by atoms with Gasteiger partial charge in [0, 0.05) is 31.2 Å². The third kappa shape index (κ3) is 7.58. The maximum Gasteiger partial charge on any atom is 0.251 e. The number of nitrogens with one attached hydrogen (secondary N) is 3. The summed E-state index contributed by atoms with van der Waals surface area (Å²) in [6.45, 7) is 11.3. The number of halogens is 1. The SMILES string of the molecule is CCNC(=NCc1ccc(C(=O)NC)cc1)NCC(C)(C)N1CCCCC1.I. The number of guanidine groups is 1. The molecule has 6 nitrogen and oxygen atoms in total. The minimum Gasteiger partial charge on any atom is -0.357 e. The summed E-state index contributed by atoms with van der Waals surface area (Å²) in [6, 6.07) is 7.58. The van der Waals surface area contributed by atoms with Gasteiger partial charge in [-0.3, -0.25) is 9.69 Å². The van der Waals surface area contributed by atoms with Crippen molar-refractivity contribution in [2.45, 2.75) is 52.1 Å². The zero-order chi connectivity index (χ0) is 19.7. The maximum atomic E-state index is 11.6. The average molecular weight is 501 g/mol. The highest BCUT2D eigenvalue weighted by atomic mass is 127. The zero-order valence-corrected chi connectivity index (χ0v) is 20.0. The van der Waals surface area contributed by atoms with E-state index in [4.69, 9.17) is 4.99 Å². The fraction of sp³-hybridized carbons (Fsp3) is 0.619. The van der Waals surface area contributed by atoms with Crippen molar-refractivity contribution in [3.8, 4) is 0 Å². The molecule has 28 heavy (non-hydrogen) atoms. The van der Waals surface area contributed by atoms with E-state index in [1.54, 1.807) is 7.05 Å². The van der Waals surface area contributed by atoms with Crippen molar-refractivity contribution in [1.82, 2.24) is 20.9 Å². The molecule has 1 aliphatic rings. The van der Waals surface area contributed by atoms with Crippen molar-refractivity contribution in [2.75, 3.05) is 33.2 Å². The number of likely N-dealkylation sites (tertiary alicyclic amines) is 1. The number of aliphatic imine (C=N–C) groups is 1. The van der Waals surface area contributed by atoms with Gasteiger partial charge in [-0.2, -0.15) is 0 Å². The van der Waals surface area contributed by atoms with Crippen LogP contribution in [0.25, 0.3) is 0 Å². The maximum absolute atomic E-state index is 11.6. The Labute approximate surface area is 187 Å². The van der Waals surface area contributed by atoms with Crippen LogP contribution in [0, 0.1) is 0 Å². The molecule has 0 atom stereocenters. The molecule has 0 spiro atoms. The number of rotatable bonds is 7. The van der Waals surface area contributed by atoms with Crippen LogP contribution in [-0.2, 0) is 6.54 Å². The van der Waals surface area contributed by atoms with Gasteiger partial charge in [-0.1, -0.05) is 18.6 Å². The first-order valence-electron chi connectivity index (χ1n) is 10.0. The monoisotopic (exact) mass is 501 g/mol. The Morgan fingerprint density at radius 3 is 2.32 bits per heavy atom. The number of hydrogen-bond acceptors (Lipinski definition) is 3. The highest BCUT2D eigenvalue weighted by Crippen LogP contribution is 2.19. The summed E-state index contributed by atoms with van der Waals surface area (Å²) >= 11 is 0. The highest BCUT2D eigenvalue weighted by molar-refractivity contribution is 14.0. The van der Waals surface area contributed by atoms with Crippen LogP contribution in [0.2, 0.25) is 0 Å². The predicted octanol–water partition coefficient (Wildman–Crippen LogP) is 2.98.